The lowest BCUT2D eigenvalue weighted by atomic mass is 10.0. The van der Waals surface area contributed by atoms with Crippen LogP contribution in [0.2, 0.25) is 0 Å². The van der Waals surface area contributed by atoms with Gasteiger partial charge < -0.3 is 19.8 Å². The van der Waals surface area contributed by atoms with Crippen LogP contribution in [0, 0.1) is 0 Å². The summed E-state index contributed by atoms with van der Waals surface area (Å²) in [6.07, 6.45) is -0.00697. The Morgan fingerprint density at radius 3 is 2.30 bits per heavy atom. The van der Waals surface area contributed by atoms with E-state index in [1.807, 2.05) is 0 Å². The van der Waals surface area contributed by atoms with Gasteiger partial charge in [0, 0.05) is 23.5 Å². The molecule has 12 heteroatoms. The Labute approximate surface area is 152 Å². The van der Waals surface area contributed by atoms with Gasteiger partial charge in [-0.05, 0) is 29.6 Å². The molecule has 0 saturated carbocycles. The largest absolute Gasteiger partial charge is 0.524 e. The highest BCUT2D eigenvalue weighted by atomic mass is 31.2. The molecule has 0 radical (unpaired) electrons. The summed E-state index contributed by atoms with van der Waals surface area (Å²) in [6.45, 7) is 0. The summed E-state index contributed by atoms with van der Waals surface area (Å²) in [7, 11) is -4.90. The van der Waals surface area contributed by atoms with Crippen LogP contribution in [0.25, 0.3) is 10.4 Å². The van der Waals surface area contributed by atoms with Crippen LogP contribution in [-0.4, -0.2) is 30.9 Å². The highest BCUT2D eigenvalue weighted by Gasteiger charge is 2.22. The molecule has 27 heavy (non-hydrogen) atoms. The molecule has 0 heterocycles. The summed E-state index contributed by atoms with van der Waals surface area (Å²) in [4.78, 5) is 32.3. The number of nitrogens with zero attached hydrogens (tertiary/aromatic N) is 3. The summed E-state index contributed by atoms with van der Waals surface area (Å²) in [5.74, 6) is -2.79. The van der Waals surface area contributed by atoms with Gasteiger partial charge in [-0.15, -0.1) is 0 Å². The number of aryl methyl sites for hydroxylation is 1. The lowest BCUT2D eigenvalue weighted by molar-refractivity contribution is 0.0977. The van der Waals surface area contributed by atoms with Gasteiger partial charge in [0.25, 0.3) is 0 Å². The molecule has 0 atom stereocenters. The van der Waals surface area contributed by atoms with Crippen LogP contribution >= 0.6 is 7.82 Å². The monoisotopic (exact) mass is 395 g/mol. The normalized spacial score (nSPS) is 10.9. The van der Waals surface area contributed by atoms with E-state index in [2.05, 4.69) is 14.5 Å². The van der Waals surface area contributed by atoms with Gasteiger partial charge in [-0.25, -0.2) is 4.57 Å². The zero-order chi connectivity index (χ0) is 20.2. The highest BCUT2D eigenvalue weighted by molar-refractivity contribution is 7.46. The molecule has 0 unspecified atom stereocenters. The molecule has 2 aromatic rings. The first kappa shape index (κ1) is 20.1. The molecule has 0 fully saturated rings. The van der Waals surface area contributed by atoms with Crippen molar-refractivity contribution < 1.29 is 39.0 Å². The lowest BCUT2D eigenvalue weighted by Gasteiger charge is -2.11. The number of phenols is 3. The van der Waals surface area contributed by atoms with E-state index in [1.54, 1.807) is 0 Å². The number of aromatic hydroxyl groups is 3. The standard InChI is InChI=1S/C15H14N3O8P/c16-18-17-10-5-8(1-3-11(10)19)2-4-12(20)15-13(21)6-9(7-14(15)22)26-27(23,24)25/h1,3,5-7,19,21-22H,2,4H2,(H2,23,24,25). The molecule has 2 rings (SSSR count). The Morgan fingerprint density at radius 2 is 1.74 bits per heavy atom. The lowest BCUT2D eigenvalue weighted by Crippen LogP contribution is -2.03. The first-order chi connectivity index (χ1) is 12.6. The Balaban J connectivity index is 2.18. The maximum absolute atomic E-state index is 12.3. The molecule has 142 valence electrons. The summed E-state index contributed by atoms with van der Waals surface area (Å²) in [5.41, 5.74) is 8.56. The third-order valence-electron chi connectivity index (χ3n) is 3.41. The van der Waals surface area contributed by atoms with Crippen molar-refractivity contribution >= 4 is 19.3 Å². The van der Waals surface area contributed by atoms with Gasteiger partial charge in [0.15, 0.2) is 5.78 Å². The molecule has 0 spiro atoms. The Kier molecular flexibility index (Phi) is 5.94. The molecule has 0 bridgehead atoms. The molecule has 0 amide bonds. The van der Waals surface area contributed by atoms with E-state index in [4.69, 9.17) is 15.3 Å². The van der Waals surface area contributed by atoms with Gasteiger partial charge in [0.2, 0.25) is 0 Å². The molecule has 0 aliphatic carbocycles. The number of carbonyl (C=O) groups is 1. The fourth-order valence-corrected chi connectivity index (χ4v) is 2.68. The van der Waals surface area contributed by atoms with Crippen LogP contribution < -0.4 is 4.52 Å². The quantitative estimate of drug-likeness (QED) is 0.155. The molecule has 0 aliphatic rings. The van der Waals surface area contributed by atoms with Crippen LogP contribution in [0.5, 0.6) is 23.0 Å². The fraction of sp³-hybridized carbons (Fsp3) is 0.133. The van der Waals surface area contributed by atoms with Crippen molar-refractivity contribution in [2.75, 3.05) is 0 Å². The predicted molar refractivity (Wildman–Crippen MR) is 92.0 cm³/mol. The molecule has 0 saturated heterocycles. The molecule has 0 aromatic heterocycles. The molecule has 11 nitrogen and oxygen atoms in total. The second-order valence-electron chi connectivity index (χ2n) is 5.35. The van der Waals surface area contributed by atoms with Crippen molar-refractivity contribution in [1.29, 1.82) is 0 Å². The molecular formula is C15H14N3O8P. The Morgan fingerprint density at radius 1 is 1.11 bits per heavy atom. The number of benzene rings is 2. The third kappa shape index (κ3) is 5.37. The average Bonchev–Trinajstić information content (AvgIpc) is 2.53. The summed E-state index contributed by atoms with van der Waals surface area (Å²) < 4.78 is 15.0. The van der Waals surface area contributed by atoms with Crippen molar-refractivity contribution in [3.63, 3.8) is 0 Å². The van der Waals surface area contributed by atoms with Crippen LogP contribution in [-0.2, 0) is 11.0 Å². The number of ketones is 1. The Bertz CT molecular complexity index is 958. The van der Waals surface area contributed by atoms with Crippen LogP contribution in [0.4, 0.5) is 5.69 Å². The number of hydrogen-bond donors (Lipinski definition) is 5. The molecule has 0 aliphatic heterocycles. The highest BCUT2D eigenvalue weighted by Crippen LogP contribution is 2.42. The zero-order valence-corrected chi connectivity index (χ0v) is 14.4. The topological polar surface area (TPSA) is 193 Å². The number of azide groups is 1. The van der Waals surface area contributed by atoms with Gasteiger partial charge in [0.05, 0.1) is 5.69 Å². The van der Waals surface area contributed by atoms with Crippen molar-refractivity contribution in [2.24, 2.45) is 5.11 Å². The minimum absolute atomic E-state index is 0.00733. The average molecular weight is 395 g/mol. The van der Waals surface area contributed by atoms with Crippen molar-refractivity contribution in [2.45, 2.75) is 12.8 Å². The number of phosphoric acid groups is 1. The second-order valence-corrected chi connectivity index (χ2v) is 6.52. The molecular weight excluding hydrogens is 381 g/mol. The summed E-state index contributed by atoms with van der Waals surface area (Å²) in [6, 6.07) is 5.79. The van der Waals surface area contributed by atoms with E-state index in [-0.39, 0.29) is 24.3 Å². The number of phenolic OH excluding ortho intramolecular Hbond substituents is 3. The number of phosphoric ester groups is 1. The number of hydrogen-bond acceptors (Lipinski definition) is 7. The fourth-order valence-electron chi connectivity index (χ4n) is 2.30. The first-order valence-electron chi connectivity index (χ1n) is 7.32. The molecule has 2 aromatic carbocycles. The van der Waals surface area contributed by atoms with Crippen molar-refractivity contribution in [1.82, 2.24) is 0 Å². The zero-order valence-electron chi connectivity index (χ0n) is 13.6. The van der Waals surface area contributed by atoms with Gasteiger partial charge >= 0.3 is 7.82 Å². The third-order valence-corrected chi connectivity index (χ3v) is 3.86. The Hall–Kier alpha value is -3.23. The van der Waals surface area contributed by atoms with E-state index in [0.29, 0.717) is 5.56 Å². The second kappa shape index (κ2) is 7.98. The minimum atomic E-state index is -4.90. The minimum Gasteiger partial charge on any atom is -0.507 e. The van der Waals surface area contributed by atoms with Gasteiger partial charge in [-0.3, -0.25) is 14.6 Å². The van der Waals surface area contributed by atoms with E-state index >= 15 is 0 Å². The number of rotatable bonds is 7. The maximum Gasteiger partial charge on any atom is 0.524 e. The maximum atomic E-state index is 12.3. The van der Waals surface area contributed by atoms with Crippen molar-refractivity contribution in [3.05, 3.63) is 51.9 Å². The van der Waals surface area contributed by atoms with Crippen molar-refractivity contribution in [3.8, 4) is 23.0 Å². The summed E-state index contributed by atoms with van der Waals surface area (Å²) >= 11 is 0. The van der Waals surface area contributed by atoms with Gasteiger partial charge in [-0.2, -0.15) is 0 Å². The van der Waals surface area contributed by atoms with Crippen LogP contribution in [0.3, 0.4) is 0 Å². The SMILES string of the molecule is [N-]=[N+]=Nc1cc(CCC(=O)c2c(O)cc(OP(=O)(O)O)cc2O)ccc1O. The van der Waals surface area contributed by atoms with Gasteiger partial charge in [0.1, 0.15) is 28.6 Å². The van der Waals surface area contributed by atoms with Crippen LogP contribution in [0.15, 0.2) is 35.4 Å². The van der Waals surface area contributed by atoms with E-state index in [1.165, 1.54) is 18.2 Å². The van der Waals surface area contributed by atoms with E-state index in [9.17, 15) is 24.7 Å². The summed E-state index contributed by atoms with van der Waals surface area (Å²) in [5, 5.41) is 32.6. The van der Waals surface area contributed by atoms with Crippen LogP contribution in [0.1, 0.15) is 22.3 Å². The van der Waals surface area contributed by atoms with E-state index < -0.39 is 36.4 Å². The van der Waals surface area contributed by atoms with E-state index in [0.717, 1.165) is 12.1 Å². The van der Waals surface area contributed by atoms with Gasteiger partial charge in [-0.1, -0.05) is 11.2 Å². The molecule has 5 N–H and O–H groups in total. The first-order valence-corrected chi connectivity index (χ1v) is 8.85. The smallest absolute Gasteiger partial charge is 0.507 e. The number of carbonyl (C=O) groups excluding carboxylic acids is 1. The number of Topliss-reactive ketones (excluding diaryl/α,β-unsaturated/α-hetero) is 1. The predicted octanol–water partition coefficient (Wildman–Crippen LogP) is 3.03.